The van der Waals surface area contributed by atoms with E-state index in [9.17, 15) is 4.79 Å². The Kier molecular flexibility index (Phi) is 4.77. The molecule has 0 saturated heterocycles. The van der Waals surface area contributed by atoms with Crippen LogP contribution in [0.3, 0.4) is 0 Å². The van der Waals surface area contributed by atoms with Gasteiger partial charge in [-0.25, -0.2) is 9.97 Å². The van der Waals surface area contributed by atoms with Gasteiger partial charge in [-0.1, -0.05) is 53.7 Å². The van der Waals surface area contributed by atoms with Crippen molar-refractivity contribution in [1.82, 2.24) is 20.3 Å². The molecule has 2 aromatic carbocycles. The third-order valence-electron chi connectivity index (χ3n) is 4.00. The number of nitrogens with one attached hydrogen (secondary N) is 2. The van der Waals surface area contributed by atoms with E-state index >= 15 is 0 Å². The summed E-state index contributed by atoms with van der Waals surface area (Å²) in [6.45, 7) is 0.474. The molecular weight excluding hydrogens is 368 g/mol. The van der Waals surface area contributed by atoms with Gasteiger partial charge in [-0.05, 0) is 23.8 Å². The zero-order chi connectivity index (χ0) is 17.9. The summed E-state index contributed by atoms with van der Waals surface area (Å²) in [6.07, 6.45) is 1.54. The van der Waals surface area contributed by atoms with Crippen LogP contribution in [0.4, 0.5) is 0 Å². The molecule has 0 radical (unpaired) electrons. The molecule has 1 amide bonds. The lowest BCUT2D eigenvalue weighted by Gasteiger charge is -2.05. The Balaban J connectivity index is 1.44. The van der Waals surface area contributed by atoms with Crippen LogP contribution >= 0.6 is 23.4 Å². The lowest BCUT2D eigenvalue weighted by Crippen LogP contribution is -2.24. The second-order valence-corrected chi connectivity index (χ2v) is 7.17. The van der Waals surface area contributed by atoms with Gasteiger partial charge in [0.25, 0.3) is 0 Å². The number of aromatic nitrogens is 3. The fraction of sp³-hybridized carbons (Fsp3) is 0.105. The standard InChI is InChI=1S/C19H15ClN4OS/c20-13-7-5-12(6-8-13)9-21-16(25)10-26-19-18-17(22-11-23-19)14-3-1-2-4-15(14)24-18/h1-8,11,24H,9-10H2,(H,21,25). The Labute approximate surface area is 159 Å². The number of fused-ring (bicyclic) bond motifs is 3. The maximum atomic E-state index is 12.2. The van der Waals surface area contributed by atoms with Gasteiger partial charge in [0.05, 0.1) is 11.3 Å². The van der Waals surface area contributed by atoms with Crippen molar-refractivity contribution in [2.24, 2.45) is 0 Å². The fourth-order valence-corrected chi connectivity index (χ4v) is 3.63. The maximum absolute atomic E-state index is 12.2. The lowest BCUT2D eigenvalue weighted by molar-refractivity contribution is -0.118. The number of rotatable bonds is 5. The number of hydrogen-bond acceptors (Lipinski definition) is 4. The number of aromatic amines is 1. The van der Waals surface area contributed by atoms with Crippen molar-refractivity contribution in [1.29, 1.82) is 0 Å². The molecule has 7 heteroatoms. The molecule has 5 nitrogen and oxygen atoms in total. The Morgan fingerprint density at radius 2 is 1.92 bits per heavy atom. The first kappa shape index (κ1) is 16.9. The van der Waals surface area contributed by atoms with Crippen molar-refractivity contribution < 1.29 is 4.79 Å². The number of benzene rings is 2. The van der Waals surface area contributed by atoms with E-state index in [2.05, 4.69) is 20.3 Å². The van der Waals surface area contributed by atoms with Crippen molar-refractivity contribution in [2.45, 2.75) is 11.6 Å². The van der Waals surface area contributed by atoms with E-state index in [-0.39, 0.29) is 11.7 Å². The molecule has 0 spiro atoms. The minimum absolute atomic E-state index is 0.0483. The molecule has 0 unspecified atom stereocenters. The van der Waals surface area contributed by atoms with Crippen LogP contribution in [0, 0.1) is 0 Å². The maximum Gasteiger partial charge on any atom is 0.230 e. The number of halogens is 1. The molecule has 4 rings (SSSR count). The van der Waals surface area contributed by atoms with E-state index in [0.29, 0.717) is 11.6 Å². The summed E-state index contributed by atoms with van der Waals surface area (Å²) in [5, 5.41) is 5.41. The highest BCUT2D eigenvalue weighted by molar-refractivity contribution is 8.00. The van der Waals surface area contributed by atoms with Gasteiger partial charge in [-0.2, -0.15) is 0 Å². The largest absolute Gasteiger partial charge is 0.351 e. The van der Waals surface area contributed by atoms with Gasteiger partial charge in [0.15, 0.2) is 0 Å². The van der Waals surface area contributed by atoms with E-state index in [1.165, 1.54) is 18.1 Å². The Hall–Kier alpha value is -2.57. The topological polar surface area (TPSA) is 70.7 Å². The number of carbonyl (C=O) groups excluding carboxylic acids is 1. The van der Waals surface area contributed by atoms with E-state index in [4.69, 9.17) is 11.6 Å². The van der Waals surface area contributed by atoms with Crippen molar-refractivity contribution in [3.8, 4) is 0 Å². The molecule has 130 valence electrons. The number of amides is 1. The predicted molar refractivity (Wildman–Crippen MR) is 105 cm³/mol. The number of para-hydroxylation sites is 1. The average molecular weight is 383 g/mol. The summed E-state index contributed by atoms with van der Waals surface area (Å²) in [4.78, 5) is 24.2. The van der Waals surface area contributed by atoms with Gasteiger partial charge in [-0.3, -0.25) is 4.79 Å². The number of H-pyrrole nitrogens is 1. The minimum Gasteiger partial charge on any atom is -0.351 e. The Bertz CT molecular complexity index is 1080. The van der Waals surface area contributed by atoms with E-state index < -0.39 is 0 Å². The molecule has 2 heterocycles. The molecule has 0 saturated carbocycles. The van der Waals surface area contributed by atoms with Crippen molar-refractivity contribution in [3.63, 3.8) is 0 Å². The van der Waals surface area contributed by atoms with Gasteiger partial charge in [0.1, 0.15) is 16.9 Å². The summed E-state index contributed by atoms with van der Waals surface area (Å²) >= 11 is 7.26. The molecular formula is C19H15ClN4OS. The number of carbonyl (C=O) groups is 1. The van der Waals surface area contributed by atoms with Crippen LogP contribution in [0.25, 0.3) is 21.9 Å². The fourth-order valence-electron chi connectivity index (χ4n) is 2.72. The molecule has 0 atom stereocenters. The molecule has 0 aliphatic rings. The number of thioether (sulfide) groups is 1. The summed E-state index contributed by atoms with van der Waals surface area (Å²) < 4.78 is 0. The predicted octanol–water partition coefficient (Wildman–Crippen LogP) is 4.17. The van der Waals surface area contributed by atoms with Crippen LogP contribution in [0.2, 0.25) is 5.02 Å². The summed E-state index contributed by atoms with van der Waals surface area (Å²) in [6, 6.07) is 15.4. The second kappa shape index (κ2) is 7.35. The first-order valence-electron chi connectivity index (χ1n) is 8.06. The normalized spacial score (nSPS) is 11.1. The van der Waals surface area contributed by atoms with Crippen molar-refractivity contribution >= 4 is 51.2 Å². The van der Waals surface area contributed by atoms with E-state index in [1.807, 2.05) is 48.5 Å². The first-order chi connectivity index (χ1) is 12.7. The van der Waals surface area contributed by atoms with Crippen molar-refractivity contribution in [2.75, 3.05) is 5.75 Å². The van der Waals surface area contributed by atoms with Crippen molar-refractivity contribution in [3.05, 3.63) is 65.4 Å². The first-order valence-corrected chi connectivity index (χ1v) is 9.42. The van der Waals surface area contributed by atoms with Crippen LogP contribution < -0.4 is 5.32 Å². The summed E-state index contributed by atoms with van der Waals surface area (Å²) in [5.41, 5.74) is 3.76. The van der Waals surface area contributed by atoms with Gasteiger partial charge < -0.3 is 10.3 Å². The van der Waals surface area contributed by atoms with E-state index in [1.54, 1.807) is 0 Å². The SMILES string of the molecule is O=C(CSc1ncnc2c1[nH]c1ccccc12)NCc1ccc(Cl)cc1. The third kappa shape index (κ3) is 3.52. The van der Waals surface area contributed by atoms with Crippen LogP contribution in [-0.2, 0) is 11.3 Å². The van der Waals surface area contributed by atoms with Crippen LogP contribution in [0.1, 0.15) is 5.56 Å². The average Bonchev–Trinajstić information content (AvgIpc) is 3.05. The monoisotopic (exact) mass is 382 g/mol. The molecule has 4 aromatic rings. The Morgan fingerprint density at radius 3 is 2.77 bits per heavy atom. The lowest BCUT2D eigenvalue weighted by atomic mass is 10.2. The van der Waals surface area contributed by atoms with Gasteiger partial charge >= 0.3 is 0 Å². The number of hydrogen-bond donors (Lipinski definition) is 2. The minimum atomic E-state index is -0.0483. The molecule has 0 aliphatic heterocycles. The molecule has 0 bridgehead atoms. The zero-order valence-electron chi connectivity index (χ0n) is 13.7. The number of nitrogens with zero attached hydrogens (tertiary/aromatic N) is 2. The molecule has 0 fully saturated rings. The highest BCUT2D eigenvalue weighted by Crippen LogP contribution is 2.29. The second-order valence-electron chi connectivity index (χ2n) is 5.76. The smallest absolute Gasteiger partial charge is 0.230 e. The van der Waals surface area contributed by atoms with E-state index in [0.717, 1.165) is 32.5 Å². The third-order valence-corrected chi connectivity index (χ3v) is 5.24. The van der Waals surface area contributed by atoms with Crippen LogP contribution in [0.5, 0.6) is 0 Å². The zero-order valence-corrected chi connectivity index (χ0v) is 15.3. The van der Waals surface area contributed by atoms with Gasteiger partial charge in [0, 0.05) is 22.5 Å². The molecule has 0 aliphatic carbocycles. The molecule has 2 N–H and O–H groups in total. The summed E-state index contributed by atoms with van der Waals surface area (Å²) in [7, 11) is 0. The van der Waals surface area contributed by atoms with Gasteiger partial charge in [-0.15, -0.1) is 0 Å². The Morgan fingerprint density at radius 1 is 1.12 bits per heavy atom. The molecule has 26 heavy (non-hydrogen) atoms. The summed E-state index contributed by atoms with van der Waals surface area (Å²) in [5.74, 6) is 0.238. The highest BCUT2D eigenvalue weighted by atomic mass is 35.5. The van der Waals surface area contributed by atoms with Crippen LogP contribution in [-0.4, -0.2) is 26.6 Å². The van der Waals surface area contributed by atoms with Crippen LogP contribution in [0.15, 0.2) is 59.9 Å². The molecule has 2 aromatic heterocycles. The quantitative estimate of drug-likeness (QED) is 0.401. The highest BCUT2D eigenvalue weighted by Gasteiger charge is 2.12. The van der Waals surface area contributed by atoms with Gasteiger partial charge in [0.2, 0.25) is 5.91 Å².